The van der Waals surface area contributed by atoms with Crippen LogP contribution in [-0.2, 0) is 4.79 Å². The average molecular weight is 406 g/mol. The molecule has 1 aliphatic rings. The highest BCUT2D eigenvalue weighted by molar-refractivity contribution is 7.10. The number of anilines is 1. The highest BCUT2D eigenvalue weighted by Crippen LogP contribution is 2.37. The highest BCUT2D eigenvalue weighted by Gasteiger charge is 2.27. The Morgan fingerprint density at radius 1 is 1.17 bits per heavy atom. The molecule has 1 aromatic carbocycles. The van der Waals surface area contributed by atoms with Crippen molar-refractivity contribution in [2.75, 3.05) is 19.5 Å². The van der Waals surface area contributed by atoms with Crippen LogP contribution in [0.2, 0.25) is 0 Å². The number of carbonyl (C=O) groups excluding carboxylic acids is 1. The van der Waals surface area contributed by atoms with E-state index in [1.807, 2.05) is 23.6 Å². The summed E-state index contributed by atoms with van der Waals surface area (Å²) in [6.07, 6.45) is 2.50. The minimum Gasteiger partial charge on any atom is -0.495 e. The topological polar surface area (TPSA) is 83.6 Å². The zero-order valence-corrected chi connectivity index (χ0v) is 16.6. The number of carbonyl (C=O) groups is 1. The first-order chi connectivity index (χ1) is 14.1. The van der Waals surface area contributed by atoms with E-state index < -0.39 is 6.10 Å². The molecular weight excluding hydrogens is 388 g/mol. The van der Waals surface area contributed by atoms with Gasteiger partial charge in [-0.3, -0.25) is 4.79 Å². The molecule has 0 radical (unpaired) electrons. The first-order valence-corrected chi connectivity index (χ1v) is 9.69. The lowest BCUT2D eigenvalue weighted by Crippen LogP contribution is -2.03. The van der Waals surface area contributed by atoms with Crippen molar-refractivity contribution in [2.24, 2.45) is 0 Å². The predicted molar refractivity (Wildman–Crippen MR) is 113 cm³/mol. The number of hydrogen-bond acceptors (Lipinski definition) is 5. The molecule has 6 nitrogen and oxygen atoms in total. The number of aliphatic hydroxyl groups excluding tert-OH is 1. The number of methoxy groups -OCH3 is 2. The normalized spacial score (nSPS) is 14.7. The second-order valence-corrected chi connectivity index (χ2v) is 7.17. The lowest BCUT2D eigenvalue weighted by Gasteiger charge is -2.05. The fraction of sp³-hybridized carbons (Fsp3) is 0.136. The SMILES string of the molecule is COc1cc[nH]c1C=C1C(=O)Nc2cccc(C#CC(O)c3sccc3OC)c21. The van der Waals surface area contributed by atoms with Crippen molar-refractivity contribution in [3.8, 4) is 23.3 Å². The molecule has 0 bridgehead atoms. The molecular formula is C22H18N2O4S. The third-order valence-electron chi connectivity index (χ3n) is 4.54. The molecule has 0 saturated carbocycles. The first-order valence-electron chi connectivity index (χ1n) is 8.81. The van der Waals surface area contributed by atoms with E-state index in [-0.39, 0.29) is 5.91 Å². The summed E-state index contributed by atoms with van der Waals surface area (Å²) in [4.78, 5) is 16.3. The second-order valence-electron chi connectivity index (χ2n) is 6.23. The number of aliphatic hydroxyl groups is 1. The van der Waals surface area contributed by atoms with Crippen molar-refractivity contribution in [3.05, 3.63) is 63.6 Å². The van der Waals surface area contributed by atoms with E-state index >= 15 is 0 Å². The number of nitrogens with one attached hydrogen (secondary N) is 2. The van der Waals surface area contributed by atoms with E-state index in [9.17, 15) is 9.90 Å². The maximum Gasteiger partial charge on any atom is 0.256 e. The number of ether oxygens (including phenoxy) is 2. The molecule has 7 heteroatoms. The number of H-pyrrole nitrogens is 1. The predicted octanol–water partition coefficient (Wildman–Crippen LogP) is 3.67. The summed E-state index contributed by atoms with van der Waals surface area (Å²) >= 11 is 1.38. The smallest absolute Gasteiger partial charge is 0.256 e. The Kier molecular flexibility index (Phi) is 5.12. The summed E-state index contributed by atoms with van der Waals surface area (Å²) in [5.74, 6) is 6.91. The first kappa shape index (κ1) is 18.9. The monoisotopic (exact) mass is 406 g/mol. The average Bonchev–Trinajstić information content (AvgIpc) is 3.45. The van der Waals surface area contributed by atoms with Gasteiger partial charge in [0.25, 0.3) is 5.91 Å². The van der Waals surface area contributed by atoms with Crippen LogP contribution in [0.5, 0.6) is 11.5 Å². The molecule has 1 unspecified atom stereocenters. The summed E-state index contributed by atoms with van der Waals surface area (Å²) < 4.78 is 10.6. The maximum absolute atomic E-state index is 12.6. The molecule has 4 rings (SSSR count). The summed E-state index contributed by atoms with van der Waals surface area (Å²) in [6, 6.07) is 9.04. The summed E-state index contributed by atoms with van der Waals surface area (Å²) in [5.41, 5.74) is 3.20. The molecule has 1 amide bonds. The number of rotatable bonds is 4. The number of aromatic amines is 1. The van der Waals surface area contributed by atoms with Crippen LogP contribution >= 0.6 is 11.3 Å². The van der Waals surface area contributed by atoms with Crippen molar-refractivity contribution < 1.29 is 19.4 Å². The summed E-state index contributed by atoms with van der Waals surface area (Å²) in [7, 11) is 3.13. The van der Waals surface area contributed by atoms with Crippen LogP contribution < -0.4 is 14.8 Å². The Hall–Kier alpha value is -3.47. The molecule has 0 aliphatic carbocycles. The molecule has 2 aromatic heterocycles. The molecule has 3 N–H and O–H groups in total. The van der Waals surface area contributed by atoms with Gasteiger partial charge in [-0.15, -0.1) is 11.3 Å². The minimum absolute atomic E-state index is 0.216. The molecule has 1 atom stereocenters. The zero-order chi connectivity index (χ0) is 20.4. The van der Waals surface area contributed by atoms with Crippen LogP contribution in [0.1, 0.15) is 27.8 Å². The number of aromatic nitrogens is 1. The molecule has 3 heterocycles. The number of thiophene rings is 1. The van der Waals surface area contributed by atoms with Gasteiger partial charge < -0.3 is 24.9 Å². The Morgan fingerprint density at radius 3 is 2.79 bits per heavy atom. The number of fused-ring (bicyclic) bond motifs is 1. The Bertz CT molecular complexity index is 1160. The molecule has 146 valence electrons. The van der Waals surface area contributed by atoms with Gasteiger partial charge in [0.1, 0.15) is 11.5 Å². The second kappa shape index (κ2) is 7.87. The van der Waals surface area contributed by atoms with Crippen molar-refractivity contribution in [1.82, 2.24) is 4.98 Å². The van der Waals surface area contributed by atoms with Crippen molar-refractivity contribution >= 4 is 34.6 Å². The summed E-state index contributed by atoms with van der Waals surface area (Å²) in [5, 5.41) is 15.2. The van der Waals surface area contributed by atoms with E-state index in [1.165, 1.54) is 11.3 Å². The van der Waals surface area contributed by atoms with Crippen molar-refractivity contribution in [2.45, 2.75) is 6.10 Å². The largest absolute Gasteiger partial charge is 0.495 e. The third kappa shape index (κ3) is 3.51. The van der Waals surface area contributed by atoms with Gasteiger partial charge in [-0.05, 0) is 35.7 Å². The lowest BCUT2D eigenvalue weighted by molar-refractivity contribution is -0.110. The highest BCUT2D eigenvalue weighted by atomic mass is 32.1. The van der Waals surface area contributed by atoms with Crippen LogP contribution in [0.3, 0.4) is 0 Å². The van der Waals surface area contributed by atoms with Gasteiger partial charge in [0, 0.05) is 17.3 Å². The van der Waals surface area contributed by atoms with Crippen LogP contribution in [-0.4, -0.2) is 30.2 Å². The lowest BCUT2D eigenvalue weighted by atomic mass is 9.99. The third-order valence-corrected chi connectivity index (χ3v) is 5.49. The van der Waals surface area contributed by atoms with Crippen molar-refractivity contribution in [1.29, 1.82) is 0 Å². The van der Waals surface area contributed by atoms with E-state index in [0.29, 0.717) is 44.5 Å². The van der Waals surface area contributed by atoms with E-state index in [0.717, 1.165) is 0 Å². The van der Waals surface area contributed by atoms with Gasteiger partial charge in [-0.25, -0.2) is 0 Å². The van der Waals surface area contributed by atoms with E-state index in [4.69, 9.17) is 9.47 Å². The fourth-order valence-corrected chi connectivity index (χ4v) is 3.98. The van der Waals surface area contributed by atoms with E-state index in [1.54, 1.807) is 38.6 Å². The molecule has 0 saturated heterocycles. The number of hydrogen-bond donors (Lipinski definition) is 3. The quantitative estimate of drug-likeness (QED) is 0.456. The van der Waals surface area contributed by atoms with E-state index in [2.05, 4.69) is 22.1 Å². The maximum atomic E-state index is 12.6. The Labute approximate surface area is 171 Å². The molecule has 29 heavy (non-hydrogen) atoms. The standard InChI is InChI=1S/C22H18N2O4S/c1-27-18-8-10-23-16(18)12-14-20-13(4-3-5-15(20)24-22(14)26)6-7-17(25)21-19(28-2)9-11-29-21/h3-5,8-12,17,23,25H,1-2H3,(H,24,26). The van der Waals surface area contributed by atoms with Gasteiger partial charge in [0.05, 0.1) is 36.1 Å². The summed E-state index contributed by atoms with van der Waals surface area (Å²) in [6.45, 7) is 0. The van der Waals surface area contributed by atoms with Gasteiger partial charge in [0.2, 0.25) is 0 Å². The van der Waals surface area contributed by atoms with Gasteiger partial charge in [0.15, 0.2) is 6.10 Å². The van der Waals surface area contributed by atoms with Crippen LogP contribution in [0.25, 0.3) is 11.6 Å². The zero-order valence-electron chi connectivity index (χ0n) is 15.8. The van der Waals surface area contributed by atoms with Gasteiger partial charge >= 0.3 is 0 Å². The minimum atomic E-state index is -0.984. The van der Waals surface area contributed by atoms with Gasteiger partial charge in [-0.1, -0.05) is 17.9 Å². The van der Waals surface area contributed by atoms with Crippen LogP contribution in [0, 0.1) is 11.8 Å². The molecule has 3 aromatic rings. The number of amides is 1. The molecule has 0 fully saturated rings. The number of benzene rings is 1. The van der Waals surface area contributed by atoms with Gasteiger partial charge in [-0.2, -0.15) is 0 Å². The molecule has 0 spiro atoms. The van der Waals surface area contributed by atoms with Crippen LogP contribution in [0.4, 0.5) is 5.69 Å². The van der Waals surface area contributed by atoms with Crippen LogP contribution in [0.15, 0.2) is 41.9 Å². The van der Waals surface area contributed by atoms with Crippen molar-refractivity contribution in [3.63, 3.8) is 0 Å². The Balaban J connectivity index is 1.74. The fourth-order valence-electron chi connectivity index (χ4n) is 3.18. The Morgan fingerprint density at radius 2 is 2.00 bits per heavy atom. The molecule has 1 aliphatic heterocycles.